The number of aromatic nitrogens is 1. The molecule has 0 aliphatic rings. The lowest BCUT2D eigenvalue weighted by Crippen LogP contribution is -1.95. The van der Waals surface area contributed by atoms with Crippen LogP contribution in [0.25, 0.3) is 10.9 Å². The molecule has 0 spiro atoms. The van der Waals surface area contributed by atoms with Crippen LogP contribution in [0.1, 0.15) is 6.42 Å². The number of H-pyrrole nitrogens is 1. The maximum absolute atomic E-state index is 8.76. The minimum absolute atomic E-state index is 0.00150. The van der Waals surface area contributed by atoms with Gasteiger partial charge in [-0.3, -0.25) is 0 Å². The van der Waals surface area contributed by atoms with Crippen molar-refractivity contribution in [2.24, 2.45) is 0 Å². The third kappa shape index (κ3) is 3.25. The summed E-state index contributed by atoms with van der Waals surface area (Å²) in [5.74, 6) is 0.872. The van der Waals surface area contributed by atoms with Gasteiger partial charge in [-0.15, -0.1) is 0 Å². The van der Waals surface area contributed by atoms with Gasteiger partial charge in [0, 0.05) is 17.1 Å². The molecule has 1 aromatic carbocycles. The third-order valence-corrected chi connectivity index (χ3v) is 2.63. The van der Waals surface area contributed by atoms with E-state index < -0.39 is 0 Å². The van der Waals surface area contributed by atoms with Crippen LogP contribution >= 0.6 is 0 Å². The van der Waals surface area contributed by atoms with E-state index in [2.05, 4.69) is 11.6 Å². The zero-order valence-corrected chi connectivity index (χ0v) is 10.2. The summed E-state index contributed by atoms with van der Waals surface area (Å²) in [4.78, 5) is 3.14. The average molecular weight is 243 g/mol. The second kappa shape index (κ2) is 6.07. The molecular weight excluding hydrogens is 226 g/mol. The van der Waals surface area contributed by atoms with Crippen LogP contribution in [-0.4, -0.2) is 23.3 Å². The second-order valence-corrected chi connectivity index (χ2v) is 4.08. The molecular formula is C15H17NO2. The summed E-state index contributed by atoms with van der Waals surface area (Å²) in [6, 6.07) is 8.00. The van der Waals surface area contributed by atoms with Crippen LogP contribution in [0.2, 0.25) is 0 Å². The van der Waals surface area contributed by atoms with Gasteiger partial charge in [-0.05, 0) is 36.3 Å². The number of aliphatic hydroxyl groups is 1. The lowest BCUT2D eigenvalue weighted by atomic mass is 10.2. The van der Waals surface area contributed by atoms with Gasteiger partial charge < -0.3 is 14.8 Å². The van der Waals surface area contributed by atoms with Crippen molar-refractivity contribution in [3.8, 4) is 5.75 Å². The number of hydrogen-bond donors (Lipinski definition) is 2. The Morgan fingerprint density at radius 2 is 2.28 bits per heavy atom. The highest BCUT2D eigenvalue weighted by atomic mass is 16.5. The minimum Gasteiger partial charge on any atom is -0.493 e. The largest absolute Gasteiger partial charge is 0.493 e. The molecule has 0 aliphatic carbocycles. The molecule has 0 atom stereocenters. The van der Waals surface area contributed by atoms with Gasteiger partial charge in [-0.1, -0.05) is 18.7 Å². The molecule has 2 N–H and O–H groups in total. The Labute approximate surface area is 106 Å². The number of ether oxygens (including phenoxy) is 1. The topological polar surface area (TPSA) is 45.2 Å². The maximum atomic E-state index is 8.76. The van der Waals surface area contributed by atoms with Gasteiger partial charge in [0.2, 0.25) is 0 Å². The van der Waals surface area contributed by atoms with Gasteiger partial charge in [-0.25, -0.2) is 0 Å². The van der Waals surface area contributed by atoms with E-state index in [1.165, 1.54) is 0 Å². The van der Waals surface area contributed by atoms with Crippen molar-refractivity contribution < 1.29 is 9.84 Å². The second-order valence-electron chi connectivity index (χ2n) is 4.08. The highest BCUT2D eigenvalue weighted by Gasteiger charge is 1.97. The Bertz CT molecular complexity index is 554. The van der Waals surface area contributed by atoms with E-state index >= 15 is 0 Å². The van der Waals surface area contributed by atoms with Gasteiger partial charge in [0.1, 0.15) is 5.75 Å². The van der Waals surface area contributed by atoms with Crippen LogP contribution in [0, 0.1) is 0 Å². The van der Waals surface area contributed by atoms with Crippen molar-refractivity contribution in [2.75, 3.05) is 13.2 Å². The molecule has 0 amide bonds. The lowest BCUT2D eigenvalue weighted by molar-refractivity contribution is 0.324. The van der Waals surface area contributed by atoms with E-state index in [1.54, 1.807) is 0 Å². The number of aliphatic hydroxyl groups excluding tert-OH is 1. The Balaban J connectivity index is 1.83. The van der Waals surface area contributed by atoms with E-state index in [9.17, 15) is 0 Å². The average Bonchev–Trinajstić information content (AvgIpc) is 2.85. The zero-order chi connectivity index (χ0) is 12.8. The summed E-state index contributed by atoms with van der Waals surface area (Å²) in [5, 5.41) is 9.91. The lowest BCUT2D eigenvalue weighted by Gasteiger charge is -2.04. The number of benzene rings is 1. The fourth-order valence-corrected chi connectivity index (χ4v) is 1.67. The van der Waals surface area contributed by atoms with Crippen LogP contribution in [0.5, 0.6) is 5.75 Å². The number of nitrogens with one attached hydrogen (secondary N) is 1. The van der Waals surface area contributed by atoms with Crippen molar-refractivity contribution >= 4 is 10.9 Å². The Kier molecular flexibility index (Phi) is 4.20. The standard InChI is InChI=1S/C15H17NO2/c1-12(11-17)4-2-3-9-18-14-5-6-15-13(10-14)7-8-16-15/h2,4-8,10,16-17H,1,3,9,11H2/b4-2+. The first-order valence-corrected chi connectivity index (χ1v) is 5.95. The van der Waals surface area contributed by atoms with Gasteiger partial charge >= 0.3 is 0 Å². The van der Waals surface area contributed by atoms with E-state index in [0.717, 1.165) is 23.1 Å². The molecule has 3 heteroatoms. The van der Waals surface area contributed by atoms with Crippen LogP contribution in [0.4, 0.5) is 0 Å². The Morgan fingerprint density at radius 3 is 3.11 bits per heavy atom. The van der Waals surface area contributed by atoms with E-state index in [4.69, 9.17) is 9.84 Å². The van der Waals surface area contributed by atoms with Gasteiger partial charge in [0.05, 0.1) is 13.2 Å². The Morgan fingerprint density at radius 1 is 1.39 bits per heavy atom. The highest BCUT2D eigenvalue weighted by Crippen LogP contribution is 2.19. The third-order valence-electron chi connectivity index (χ3n) is 2.63. The smallest absolute Gasteiger partial charge is 0.120 e. The molecule has 0 bridgehead atoms. The Hall–Kier alpha value is -2.00. The van der Waals surface area contributed by atoms with Crippen molar-refractivity contribution in [3.05, 3.63) is 54.8 Å². The van der Waals surface area contributed by atoms with Crippen LogP contribution in [-0.2, 0) is 0 Å². The van der Waals surface area contributed by atoms with Crippen molar-refractivity contribution in [1.82, 2.24) is 4.98 Å². The van der Waals surface area contributed by atoms with Gasteiger partial charge in [0.25, 0.3) is 0 Å². The molecule has 94 valence electrons. The minimum atomic E-state index is 0.00150. The summed E-state index contributed by atoms with van der Waals surface area (Å²) in [5.41, 5.74) is 1.82. The molecule has 0 saturated carbocycles. The molecule has 0 radical (unpaired) electrons. The number of aromatic amines is 1. The van der Waals surface area contributed by atoms with E-state index in [-0.39, 0.29) is 6.61 Å². The number of fused-ring (bicyclic) bond motifs is 1. The zero-order valence-electron chi connectivity index (χ0n) is 10.2. The van der Waals surface area contributed by atoms with Crippen molar-refractivity contribution in [2.45, 2.75) is 6.42 Å². The number of hydrogen-bond acceptors (Lipinski definition) is 2. The van der Waals surface area contributed by atoms with Crippen LogP contribution in [0.15, 0.2) is 54.8 Å². The summed E-state index contributed by atoms with van der Waals surface area (Å²) in [7, 11) is 0. The van der Waals surface area contributed by atoms with Crippen molar-refractivity contribution in [3.63, 3.8) is 0 Å². The quantitative estimate of drug-likeness (QED) is 0.605. The highest BCUT2D eigenvalue weighted by molar-refractivity contribution is 5.80. The fraction of sp³-hybridized carbons (Fsp3) is 0.200. The molecule has 1 aromatic heterocycles. The molecule has 3 nitrogen and oxygen atoms in total. The summed E-state index contributed by atoms with van der Waals surface area (Å²) >= 11 is 0. The fourth-order valence-electron chi connectivity index (χ4n) is 1.67. The normalized spacial score (nSPS) is 11.2. The van der Waals surface area contributed by atoms with E-state index in [0.29, 0.717) is 12.2 Å². The number of rotatable bonds is 6. The molecule has 18 heavy (non-hydrogen) atoms. The van der Waals surface area contributed by atoms with Crippen LogP contribution < -0.4 is 4.74 Å². The first-order valence-electron chi connectivity index (χ1n) is 5.95. The van der Waals surface area contributed by atoms with Gasteiger partial charge in [0.15, 0.2) is 0 Å². The molecule has 0 fully saturated rings. The molecule has 2 aromatic rings. The predicted octanol–water partition coefficient (Wildman–Crippen LogP) is 3.04. The van der Waals surface area contributed by atoms with E-state index in [1.807, 2.05) is 42.6 Å². The van der Waals surface area contributed by atoms with Gasteiger partial charge in [-0.2, -0.15) is 0 Å². The summed E-state index contributed by atoms with van der Waals surface area (Å²) < 4.78 is 5.64. The first kappa shape index (κ1) is 12.5. The summed E-state index contributed by atoms with van der Waals surface area (Å²) in [6.45, 7) is 4.29. The molecule has 0 unspecified atom stereocenters. The molecule has 1 heterocycles. The van der Waals surface area contributed by atoms with Crippen LogP contribution in [0.3, 0.4) is 0 Å². The first-order chi connectivity index (χ1) is 8.79. The maximum Gasteiger partial charge on any atom is 0.120 e. The molecule has 0 saturated heterocycles. The SMILES string of the molecule is C=C(/C=C/CCOc1ccc2[nH]ccc2c1)CO. The summed E-state index contributed by atoms with van der Waals surface area (Å²) in [6.07, 6.45) is 6.48. The molecule has 2 rings (SSSR count). The van der Waals surface area contributed by atoms with Crippen molar-refractivity contribution in [1.29, 1.82) is 0 Å². The molecule has 0 aliphatic heterocycles. The monoisotopic (exact) mass is 243 g/mol. The predicted molar refractivity (Wildman–Crippen MR) is 73.8 cm³/mol.